The van der Waals surface area contributed by atoms with Gasteiger partial charge in [0.15, 0.2) is 0 Å². The summed E-state index contributed by atoms with van der Waals surface area (Å²) in [6.45, 7) is 3.69. The highest BCUT2D eigenvalue weighted by atomic mass is 32.2. The van der Waals surface area contributed by atoms with Crippen molar-refractivity contribution in [3.8, 4) is 5.75 Å². The number of amides is 1. The Labute approximate surface area is 222 Å². The molecule has 12 nitrogen and oxygen atoms in total. The van der Waals surface area contributed by atoms with E-state index in [-0.39, 0.29) is 23.3 Å². The summed E-state index contributed by atoms with van der Waals surface area (Å²) < 4.78 is 30.7. The number of primary sulfonamides is 1. The summed E-state index contributed by atoms with van der Waals surface area (Å²) in [6, 6.07) is 12.1. The first kappa shape index (κ1) is 27.2. The van der Waals surface area contributed by atoms with E-state index in [1.54, 1.807) is 36.5 Å². The molecule has 0 saturated heterocycles. The number of hydrogen-bond acceptors (Lipinski definition) is 9. The number of sulfonamides is 1. The van der Waals surface area contributed by atoms with Gasteiger partial charge in [0.2, 0.25) is 10.2 Å². The molecule has 200 valence electrons. The Hall–Kier alpha value is -3.88. The maximum absolute atomic E-state index is 13.1. The predicted molar refractivity (Wildman–Crippen MR) is 139 cm³/mol. The molecule has 4 N–H and O–H groups in total. The molecule has 14 heteroatoms. The lowest BCUT2D eigenvalue weighted by molar-refractivity contribution is -0.142. The molecule has 0 aliphatic carbocycles. The van der Waals surface area contributed by atoms with E-state index < -0.39 is 34.0 Å². The minimum absolute atomic E-state index is 0.0323. The molecule has 0 spiro atoms. The van der Waals surface area contributed by atoms with Crippen molar-refractivity contribution in [2.75, 3.05) is 0 Å². The van der Waals surface area contributed by atoms with Crippen LogP contribution >= 0.6 is 11.3 Å². The zero-order valence-electron chi connectivity index (χ0n) is 20.5. The number of aromatic nitrogens is 4. The normalized spacial score (nSPS) is 13.4. The third-order valence-corrected chi connectivity index (χ3v) is 7.95. The van der Waals surface area contributed by atoms with E-state index in [1.165, 1.54) is 4.68 Å². The minimum atomic E-state index is -3.90. The first-order valence-electron chi connectivity index (χ1n) is 11.6. The summed E-state index contributed by atoms with van der Waals surface area (Å²) >= 11 is 0.939. The molecule has 4 aromatic rings. The highest BCUT2D eigenvalue weighted by Crippen LogP contribution is 2.28. The highest BCUT2D eigenvalue weighted by molar-refractivity contribution is 7.91. The summed E-state index contributed by atoms with van der Waals surface area (Å²) in [4.78, 5) is 28.9. The summed E-state index contributed by atoms with van der Waals surface area (Å²) in [5, 5.41) is 25.6. The molecule has 0 fully saturated rings. The van der Waals surface area contributed by atoms with Gasteiger partial charge in [0.1, 0.15) is 30.1 Å². The number of fused-ring (bicyclic) bond motifs is 1. The van der Waals surface area contributed by atoms with Crippen LogP contribution in [0.2, 0.25) is 0 Å². The molecular weight excluding hydrogens is 532 g/mol. The zero-order valence-corrected chi connectivity index (χ0v) is 22.1. The average Bonchev–Trinajstić information content (AvgIpc) is 3.49. The second kappa shape index (κ2) is 11.2. The largest absolute Gasteiger partial charge is 0.487 e. The molecule has 4 rings (SSSR count). The number of carboxylic acid groups (broad SMARTS) is 1. The number of nitrogens with zero attached hydrogens (tertiary/aromatic N) is 4. The maximum atomic E-state index is 13.1. The van der Waals surface area contributed by atoms with Gasteiger partial charge in [-0.05, 0) is 29.7 Å². The van der Waals surface area contributed by atoms with Crippen molar-refractivity contribution < 1.29 is 27.9 Å². The molecule has 1 unspecified atom stereocenters. The SMILES string of the molecule is CC(C)[C@@H](C(=O)NC(Cc1ccccc1)C(=O)O)n1cc(COc2ccc3nc(S(N)(=O)=O)sc3c2)nn1. The number of hydrogen-bond donors (Lipinski definition) is 3. The van der Waals surface area contributed by atoms with Crippen LogP contribution in [0.25, 0.3) is 10.2 Å². The van der Waals surface area contributed by atoms with Crippen molar-refractivity contribution in [1.82, 2.24) is 25.3 Å². The lowest BCUT2D eigenvalue weighted by Gasteiger charge is -2.23. The van der Waals surface area contributed by atoms with Gasteiger partial charge in [-0.1, -0.05) is 49.4 Å². The Morgan fingerprint density at radius 3 is 2.58 bits per heavy atom. The van der Waals surface area contributed by atoms with E-state index in [0.29, 0.717) is 21.7 Å². The van der Waals surface area contributed by atoms with Crippen LogP contribution in [0.15, 0.2) is 59.1 Å². The number of carbonyl (C=O) groups is 2. The Morgan fingerprint density at radius 2 is 1.92 bits per heavy atom. The Morgan fingerprint density at radius 1 is 1.18 bits per heavy atom. The van der Waals surface area contributed by atoms with Gasteiger partial charge in [-0.25, -0.2) is 28.0 Å². The van der Waals surface area contributed by atoms with Crippen molar-refractivity contribution in [1.29, 1.82) is 0 Å². The third-order valence-electron chi connectivity index (χ3n) is 5.61. The number of benzene rings is 2. The molecule has 2 aromatic heterocycles. The first-order valence-corrected chi connectivity index (χ1v) is 13.9. The fraction of sp³-hybridized carbons (Fsp3) is 0.292. The molecule has 0 bridgehead atoms. The second-order valence-electron chi connectivity index (χ2n) is 8.91. The van der Waals surface area contributed by atoms with E-state index in [1.807, 2.05) is 32.0 Å². The molecule has 38 heavy (non-hydrogen) atoms. The highest BCUT2D eigenvalue weighted by Gasteiger charge is 2.30. The van der Waals surface area contributed by atoms with E-state index in [2.05, 4.69) is 20.6 Å². The number of ether oxygens (including phenoxy) is 1. The van der Waals surface area contributed by atoms with Crippen molar-refractivity contribution in [2.45, 2.75) is 43.3 Å². The van der Waals surface area contributed by atoms with Gasteiger partial charge in [0.05, 0.1) is 16.4 Å². The summed E-state index contributed by atoms with van der Waals surface area (Å²) in [5.41, 5.74) is 1.71. The summed E-state index contributed by atoms with van der Waals surface area (Å²) in [5.74, 6) is -1.37. The quantitative estimate of drug-likeness (QED) is 0.248. The average molecular weight is 559 g/mol. The topological polar surface area (TPSA) is 179 Å². The lowest BCUT2D eigenvalue weighted by Crippen LogP contribution is -2.46. The van der Waals surface area contributed by atoms with Crippen LogP contribution in [0.5, 0.6) is 5.75 Å². The smallest absolute Gasteiger partial charge is 0.326 e. The molecule has 0 aliphatic rings. The molecule has 2 heterocycles. The van der Waals surface area contributed by atoms with Crippen LogP contribution in [-0.2, 0) is 32.6 Å². The van der Waals surface area contributed by atoms with Gasteiger partial charge in [0, 0.05) is 6.42 Å². The molecule has 0 radical (unpaired) electrons. The summed E-state index contributed by atoms with van der Waals surface area (Å²) in [6.07, 6.45) is 1.72. The zero-order chi connectivity index (χ0) is 27.4. The van der Waals surface area contributed by atoms with Crippen molar-refractivity contribution in [3.05, 3.63) is 66.0 Å². The van der Waals surface area contributed by atoms with Crippen LogP contribution in [0.1, 0.15) is 31.1 Å². The van der Waals surface area contributed by atoms with Crippen molar-refractivity contribution in [3.63, 3.8) is 0 Å². The molecule has 1 amide bonds. The van der Waals surface area contributed by atoms with Gasteiger partial charge >= 0.3 is 5.97 Å². The van der Waals surface area contributed by atoms with Gasteiger partial charge in [-0.3, -0.25) is 4.79 Å². The van der Waals surface area contributed by atoms with Crippen molar-refractivity contribution in [2.24, 2.45) is 11.1 Å². The predicted octanol–water partition coefficient (Wildman–Crippen LogP) is 2.12. The Kier molecular flexibility index (Phi) is 8.04. The van der Waals surface area contributed by atoms with E-state index >= 15 is 0 Å². The van der Waals surface area contributed by atoms with Gasteiger partial charge in [-0.2, -0.15) is 0 Å². The number of carbonyl (C=O) groups excluding carboxylic acids is 1. The van der Waals surface area contributed by atoms with Gasteiger partial charge in [-0.15, -0.1) is 16.4 Å². The minimum Gasteiger partial charge on any atom is -0.487 e. The van der Waals surface area contributed by atoms with Crippen LogP contribution in [-0.4, -0.2) is 51.4 Å². The monoisotopic (exact) mass is 558 g/mol. The maximum Gasteiger partial charge on any atom is 0.326 e. The van der Waals surface area contributed by atoms with Crippen LogP contribution < -0.4 is 15.2 Å². The number of aliphatic carboxylic acids is 1. The standard InChI is InChI=1S/C24H26N6O6S2/c1-14(2)21(22(31)26-19(23(32)33)10-15-6-4-3-5-7-15)30-12-16(28-29-30)13-36-17-8-9-18-20(11-17)37-24(27-18)38(25,34)35/h3-9,11-12,14,19,21H,10,13H2,1-2H3,(H,26,31)(H,32,33)(H2,25,34,35)/t19?,21-/m0/s1. The molecular formula is C24H26N6O6S2. The number of carboxylic acids is 1. The van der Waals surface area contributed by atoms with Gasteiger partial charge < -0.3 is 15.2 Å². The fourth-order valence-electron chi connectivity index (χ4n) is 3.80. The lowest BCUT2D eigenvalue weighted by atomic mass is 10.0. The molecule has 0 saturated carbocycles. The third kappa shape index (κ3) is 6.51. The molecule has 0 aliphatic heterocycles. The second-order valence-corrected chi connectivity index (χ2v) is 11.7. The van der Waals surface area contributed by atoms with Crippen molar-refractivity contribution >= 4 is 43.5 Å². The van der Waals surface area contributed by atoms with Crippen LogP contribution in [0.3, 0.4) is 0 Å². The first-order chi connectivity index (χ1) is 18.0. The number of nitrogens with two attached hydrogens (primary N) is 1. The summed E-state index contributed by atoms with van der Waals surface area (Å²) in [7, 11) is -3.90. The van der Waals surface area contributed by atoms with Gasteiger partial charge in [0.25, 0.3) is 10.0 Å². The number of nitrogens with one attached hydrogen (secondary N) is 1. The Bertz CT molecular complexity index is 1550. The molecule has 2 aromatic carbocycles. The van der Waals surface area contributed by atoms with Crippen LogP contribution in [0, 0.1) is 5.92 Å². The fourth-order valence-corrected chi connectivity index (χ4v) is 5.49. The molecule has 2 atom stereocenters. The van der Waals surface area contributed by atoms with E-state index in [9.17, 15) is 23.1 Å². The van der Waals surface area contributed by atoms with E-state index in [4.69, 9.17) is 9.88 Å². The number of rotatable bonds is 11. The van der Waals surface area contributed by atoms with Crippen LogP contribution in [0.4, 0.5) is 0 Å². The van der Waals surface area contributed by atoms with E-state index in [0.717, 1.165) is 16.9 Å². The Balaban J connectivity index is 1.44. The number of thiazole rings is 1.